The van der Waals surface area contributed by atoms with Crippen molar-refractivity contribution in [2.75, 3.05) is 5.73 Å². The van der Waals surface area contributed by atoms with Crippen LogP contribution in [0.1, 0.15) is 15.9 Å². The number of carbonyl (C=O) groups is 1. The maximum Gasteiger partial charge on any atom is 0.250 e. The summed E-state index contributed by atoms with van der Waals surface area (Å²) in [6.07, 6.45) is 1.46. The van der Waals surface area contributed by atoms with Crippen molar-refractivity contribution in [1.29, 1.82) is 5.26 Å². The summed E-state index contributed by atoms with van der Waals surface area (Å²) in [6.45, 7) is 0. The quantitative estimate of drug-likeness (QED) is 0.842. The molecule has 0 fully saturated rings. The summed E-state index contributed by atoms with van der Waals surface area (Å²) >= 11 is 5.83. The molecule has 0 aliphatic heterocycles. The zero-order valence-corrected chi connectivity index (χ0v) is 9.85. The third kappa shape index (κ3) is 1.99. The van der Waals surface area contributed by atoms with E-state index >= 15 is 0 Å². The minimum Gasteiger partial charge on any atom is -0.381 e. The predicted molar refractivity (Wildman–Crippen MR) is 66.2 cm³/mol. The molecule has 0 saturated carbocycles. The van der Waals surface area contributed by atoms with Crippen LogP contribution in [0.5, 0.6) is 0 Å². The summed E-state index contributed by atoms with van der Waals surface area (Å²) in [6, 6.07) is 6.56. The topological polar surface area (TPSA) is 111 Å². The number of amides is 1. The number of aromatic nitrogens is 2. The first-order valence-electron chi connectivity index (χ1n) is 4.88. The van der Waals surface area contributed by atoms with Crippen LogP contribution in [0.2, 0.25) is 5.02 Å². The zero-order valence-electron chi connectivity index (χ0n) is 9.09. The van der Waals surface area contributed by atoms with E-state index in [0.717, 1.165) is 0 Å². The fourth-order valence-electron chi connectivity index (χ4n) is 1.45. The molecular formula is C11H8ClN5O. The Morgan fingerprint density at radius 2 is 2.22 bits per heavy atom. The summed E-state index contributed by atoms with van der Waals surface area (Å²) in [5.74, 6) is -0.518. The number of halogens is 1. The van der Waals surface area contributed by atoms with Gasteiger partial charge < -0.3 is 11.5 Å². The van der Waals surface area contributed by atoms with Gasteiger partial charge in [-0.15, -0.1) is 5.10 Å². The van der Waals surface area contributed by atoms with Crippen LogP contribution in [-0.2, 0) is 0 Å². The minimum atomic E-state index is -0.637. The number of nitrogens with zero attached hydrogens (tertiary/aromatic N) is 3. The van der Waals surface area contributed by atoms with Gasteiger partial charge in [-0.1, -0.05) is 11.6 Å². The number of nitrogen functional groups attached to an aromatic ring is 1. The van der Waals surface area contributed by atoms with E-state index in [2.05, 4.69) is 5.10 Å². The molecule has 2 rings (SSSR count). The zero-order chi connectivity index (χ0) is 13.3. The first kappa shape index (κ1) is 12.0. The molecule has 1 heterocycles. The molecule has 0 spiro atoms. The van der Waals surface area contributed by atoms with E-state index in [1.807, 2.05) is 6.07 Å². The lowest BCUT2D eigenvalue weighted by Gasteiger charge is -2.04. The molecule has 4 N–H and O–H groups in total. The minimum absolute atomic E-state index is 0.119. The molecule has 1 aromatic heterocycles. The van der Waals surface area contributed by atoms with Crippen LogP contribution in [0.3, 0.4) is 0 Å². The Morgan fingerprint density at radius 1 is 1.50 bits per heavy atom. The number of anilines is 1. The van der Waals surface area contributed by atoms with Crippen LogP contribution < -0.4 is 11.5 Å². The predicted octanol–water partition coefficient (Wildman–Crippen LogP) is 1.08. The first-order valence-corrected chi connectivity index (χ1v) is 5.25. The van der Waals surface area contributed by atoms with E-state index in [-0.39, 0.29) is 22.0 Å². The third-order valence-corrected chi connectivity index (χ3v) is 2.67. The van der Waals surface area contributed by atoms with Crippen molar-refractivity contribution in [2.45, 2.75) is 0 Å². The van der Waals surface area contributed by atoms with Gasteiger partial charge >= 0.3 is 0 Å². The van der Waals surface area contributed by atoms with Gasteiger partial charge in [0.2, 0.25) is 5.91 Å². The van der Waals surface area contributed by atoms with Crippen LogP contribution in [-0.4, -0.2) is 15.7 Å². The van der Waals surface area contributed by atoms with Crippen molar-refractivity contribution in [3.63, 3.8) is 0 Å². The van der Waals surface area contributed by atoms with Crippen molar-refractivity contribution in [1.82, 2.24) is 9.78 Å². The Balaban J connectivity index is 2.54. The average Bonchev–Trinajstić information content (AvgIpc) is 2.70. The Kier molecular flexibility index (Phi) is 2.92. The molecule has 2 aromatic rings. The second kappa shape index (κ2) is 4.39. The normalized spacial score (nSPS) is 10.0. The standard InChI is InChI=1S/C11H8ClN5O/c12-9-2-1-7(3-8(9)11(15)18)17-5-6(4-13)10(14)16-17/h1-3,5H,(H2,14,16)(H2,15,18). The van der Waals surface area contributed by atoms with Gasteiger partial charge in [0.15, 0.2) is 5.82 Å². The molecule has 0 aliphatic rings. The summed E-state index contributed by atoms with van der Waals surface area (Å²) < 4.78 is 1.39. The molecule has 18 heavy (non-hydrogen) atoms. The fourth-order valence-corrected chi connectivity index (χ4v) is 1.66. The number of nitrogens with two attached hydrogens (primary N) is 2. The number of carbonyl (C=O) groups excluding carboxylic acids is 1. The number of rotatable bonds is 2. The Labute approximate surface area is 107 Å². The highest BCUT2D eigenvalue weighted by molar-refractivity contribution is 6.33. The number of benzene rings is 1. The van der Waals surface area contributed by atoms with Crippen LogP contribution in [0.25, 0.3) is 5.69 Å². The SMILES string of the molecule is N#Cc1cn(-c2ccc(Cl)c(C(N)=O)c2)nc1N. The average molecular weight is 262 g/mol. The lowest BCUT2D eigenvalue weighted by atomic mass is 10.2. The molecule has 0 aliphatic carbocycles. The number of primary amides is 1. The van der Waals surface area contributed by atoms with Gasteiger partial charge in [0, 0.05) is 0 Å². The molecule has 0 unspecified atom stereocenters. The summed E-state index contributed by atoms with van der Waals surface area (Å²) in [5, 5.41) is 13.0. The summed E-state index contributed by atoms with van der Waals surface area (Å²) in [5.41, 5.74) is 11.7. The van der Waals surface area contributed by atoms with Gasteiger partial charge in [-0.05, 0) is 18.2 Å². The van der Waals surface area contributed by atoms with E-state index in [4.69, 9.17) is 28.3 Å². The second-order valence-electron chi connectivity index (χ2n) is 3.51. The van der Waals surface area contributed by atoms with Gasteiger partial charge in [-0.2, -0.15) is 5.26 Å². The van der Waals surface area contributed by atoms with Crippen LogP contribution in [0.15, 0.2) is 24.4 Å². The van der Waals surface area contributed by atoms with E-state index in [9.17, 15) is 4.79 Å². The van der Waals surface area contributed by atoms with Gasteiger partial charge in [-0.3, -0.25) is 4.79 Å². The lowest BCUT2D eigenvalue weighted by Crippen LogP contribution is -2.12. The highest BCUT2D eigenvalue weighted by atomic mass is 35.5. The Bertz CT molecular complexity index is 671. The van der Waals surface area contributed by atoms with Crippen LogP contribution in [0.4, 0.5) is 5.82 Å². The van der Waals surface area contributed by atoms with Crippen molar-refractivity contribution in [3.8, 4) is 11.8 Å². The molecule has 0 atom stereocenters. The monoisotopic (exact) mass is 261 g/mol. The highest BCUT2D eigenvalue weighted by Crippen LogP contribution is 2.20. The van der Waals surface area contributed by atoms with Gasteiger partial charge in [0.1, 0.15) is 11.6 Å². The molecule has 6 nitrogen and oxygen atoms in total. The van der Waals surface area contributed by atoms with Gasteiger partial charge in [0.25, 0.3) is 0 Å². The highest BCUT2D eigenvalue weighted by Gasteiger charge is 2.11. The summed E-state index contributed by atoms with van der Waals surface area (Å²) in [7, 11) is 0. The molecule has 0 radical (unpaired) electrons. The van der Waals surface area contributed by atoms with Gasteiger partial charge in [-0.25, -0.2) is 4.68 Å². The van der Waals surface area contributed by atoms with Crippen molar-refractivity contribution in [2.24, 2.45) is 5.73 Å². The van der Waals surface area contributed by atoms with Gasteiger partial charge in [0.05, 0.1) is 22.5 Å². The smallest absolute Gasteiger partial charge is 0.250 e. The summed E-state index contributed by atoms with van der Waals surface area (Å²) in [4.78, 5) is 11.2. The molecule has 0 bridgehead atoms. The largest absolute Gasteiger partial charge is 0.381 e. The number of hydrogen-bond acceptors (Lipinski definition) is 4. The maximum absolute atomic E-state index is 11.2. The van der Waals surface area contributed by atoms with Crippen LogP contribution in [0, 0.1) is 11.3 Å². The number of nitriles is 1. The third-order valence-electron chi connectivity index (χ3n) is 2.34. The Morgan fingerprint density at radius 3 is 2.78 bits per heavy atom. The molecule has 1 amide bonds. The molecular weight excluding hydrogens is 254 g/mol. The van der Waals surface area contributed by atoms with Crippen molar-refractivity contribution in [3.05, 3.63) is 40.5 Å². The van der Waals surface area contributed by atoms with Crippen LogP contribution >= 0.6 is 11.6 Å². The van der Waals surface area contributed by atoms with E-state index < -0.39 is 5.91 Å². The fraction of sp³-hybridized carbons (Fsp3) is 0. The first-order chi connectivity index (χ1) is 8.52. The molecule has 1 aromatic carbocycles. The Hall–Kier alpha value is -2.52. The van der Waals surface area contributed by atoms with Crippen molar-refractivity contribution >= 4 is 23.3 Å². The molecule has 0 saturated heterocycles. The van der Waals surface area contributed by atoms with Crippen molar-refractivity contribution < 1.29 is 4.79 Å². The maximum atomic E-state index is 11.2. The number of hydrogen-bond donors (Lipinski definition) is 2. The van der Waals surface area contributed by atoms with E-state index in [1.165, 1.54) is 23.0 Å². The molecule has 7 heteroatoms. The van der Waals surface area contributed by atoms with E-state index in [0.29, 0.717) is 5.69 Å². The molecule has 90 valence electrons. The second-order valence-corrected chi connectivity index (χ2v) is 3.92. The van der Waals surface area contributed by atoms with E-state index in [1.54, 1.807) is 6.07 Å². The lowest BCUT2D eigenvalue weighted by molar-refractivity contribution is 0.100.